The van der Waals surface area contributed by atoms with Crippen LogP contribution in [0.2, 0.25) is 0 Å². The number of imidazole rings is 1. The summed E-state index contributed by atoms with van der Waals surface area (Å²) >= 11 is 0. The molecule has 1 fully saturated rings. The van der Waals surface area contributed by atoms with E-state index in [2.05, 4.69) is 15.6 Å². The summed E-state index contributed by atoms with van der Waals surface area (Å²) < 4.78 is 1.92. The molecule has 1 atom stereocenters. The molecule has 1 aromatic carbocycles. The largest absolute Gasteiger partial charge is 0.395 e. The number of nitrogens with zero attached hydrogens (tertiary/aromatic N) is 3. The number of fused-ring (bicyclic) bond motifs is 1. The monoisotopic (exact) mass is 345 g/mol. The van der Waals surface area contributed by atoms with E-state index in [1.54, 1.807) is 24.1 Å². The van der Waals surface area contributed by atoms with E-state index in [4.69, 9.17) is 0 Å². The fourth-order valence-electron chi connectivity index (χ4n) is 3.28. The first-order valence-corrected chi connectivity index (χ1v) is 8.38. The molecule has 1 aliphatic rings. The molecule has 0 spiro atoms. The number of hydrogen-bond donors (Lipinski definition) is 3. The van der Waals surface area contributed by atoms with E-state index in [1.165, 1.54) is 0 Å². The van der Waals surface area contributed by atoms with Crippen molar-refractivity contribution in [3.63, 3.8) is 0 Å². The number of aliphatic hydroxyl groups excluding tert-OH is 1. The number of hydrogen-bond acceptors (Lipinski definition) is 5. The molecule has 2 aromatic rings. The SMILES string of the molecule is CNC(=O)[C@H]1CNCCN1C(=O)c1ccc2c(c1)nc(C)n2CCO. The van der Waals surface area contributed by atoms with E-state index in [0.29, 0.717) is 37.3 Å². The van der Waals surface area contributed by atoms with Crippen molar-refractivity contribution in [3.8, 4) is 0 Å². The van der Waals surface area contributed by atoms with Crippen molar-refractivity contribution in [1.29, 1.82) is 0 Å². The number of piperazine rings is 1. The first-order valence-electron chi connectivity index (χ1n) is 8.38. The van der Waals surface area contributed by atoms with E-state index in [-0.39, 0.29) is 18.4 Å². The highest BCUT2D eigenvalue weighted by molar-refractivity contribution is 6.00. The molecule has 1 saturated heterocycles. The molecule has 2 heterocycles. The highest BCUT2D eigenvalue weighted by Crippen LogP contribution is 2.20. The topological polar surface area (TPSA) is 99.5 Å². The number of carbonyl (C=O) groups excluding carboxylic acids is 2. The van der Waals surface area contributed by atoms with Crippen molar-refractivity contribution in [1.82, 2.24) is 25.1 Å². The van der Waals surface area contributed by atoms with Crippen LogP contribution in [0.3, 0.4) is 0 Å². The smallest absolute Gasteiger partial charge is 0.254 e. The molecule has 0 radical (unpaired) electrons. The van der Waals surface area contributed by atoms with Crippen LogP contribution in [0.1, 0.15) is 16.2 Å². The number of carbonyl (C=O) groups is 2. The van der Waals surface area contributed by atoms with Crippen LogP contribution in [0.5, 0.6) is 0 Å². The van der Waals surface area contributed by atoms with Gasteiger partial charge in [-0.2, -0.15) is 0 Å². The van der Waals surface area contributed by atoms with Gasteiger partial charge in [0.05, 0.1) is 17.6 Å². The number of nitrogens with one attached hydrogen (secondary N) is 2. The van der Waals surface area contributed by atoms with Crippen molar-refractivity contribution >= 4 is 22.8 Å². The van der Waals surface area contributed by atoms with Gasteiger partial charge in [-0.05, 0) is 25.1 Å². The molecule has 0 aliphatic carbocycles. The van der Waals surface area contributed by atoms with Crippen LogP contribution < -0.4 is 10.6 Å². The fourth-order valence-corrected chi connectivity index (χ4v) is 3.28. The van der Waals surface area contributed by atoms with Crippen LogP contribution in [-0.2, 0) is 11.3 Å². The molecule has 0 saturated carbocycles. The van der Waals surface area contributed by atoms with Gasteiger partial charge in [-0.25, -0.2) is 4.98 Å². The third-order valence-electron chi connectivity index (χ3n) is 4.56. The summed E-state index contributed by atoms with van der Waals surface area (Å²) in [6.45, 7) is 3.94. The maximum Gasteiger partial charge on any atom is 0.254 e. The normalized spacial score (nSPS) is 17.7. The third kappa shape index (κ3) is 3.22. The van der Waals surface area contributed by atoms with Crippen molar-refractivity contribution in [2.45, 2.75) is 19.5 Å². The molecule has 1 aromatic heterocycles. The Bertz CT molecular complexity index is 801. The zero-order valence-electron chi connectivity index (χ0n) is 14.5. The van der Waals surface area contributed by atoms with Gasteiger partial charge in [0.15, 0.2) is 0 Å². The predicted molar refractivity (Wildman–Crippen MR) is 93.3 cm³/mol. The van der Waals surface area contributed by atoms with Gasteiger partial charge in [0.2, 0.25) is 5.91 Å². The molecule has 8 nitrogen and oxygen atoms in total. The molecular formula is C17H23N5O3. The average molecular weight is 345 g/mol. The van der Waals surface area contributed by atoms with Crippen LogP contribution in [0.4, 0.5) is 0 Å². The number of benzene rings is 1. The second kappa shape index (κ2) is 7.20. The summed E-state index contributed by atoms with van der Waals surface area (Å²) in [6.07, 6.45) is 0. The minimum absolute atomic E-state index is 0.0293. The van der Waals surface area contributed by atoms with E-state index in [1.807, 2.05) is 17.6 Å². The maximum atomic E-state index is 12.9. The zero-order valence-corrected chi connectivity index (χ0v) is 14.5. The van der Waals surface area contributed by atoms with E-state index < -0.39 is 6.04 Å². The van der Waals surface area contributed by atoms with Crippen molar-refractivity contribution in [2.75, 3.05) is 33.3 Å². The Labute approximate surface area is 145 Å². The number of rotatable bonds is 4. The van der Waals surface area contributed by atoms with Gasteiger partial charge in [0.1, 0.15) is 11.9 Å². The first kappa shape index (κ1) is 17.4. The summed E-state index contributed by atoms with van der Waals surface area (Å²) in [5, 5.41) is 14.9. The zero-order chi connectivity index (χ0) is 18.0. The summed E-state index contributed by atoms with van der Waals surface area (Å²) in [6, 6.07) is 4.83. The Hall–Kier alpha value is -2.45. The Balaban J connectivity index is 1.92. The Morgan fingerprint density at radius 3 is 2.96 bits per heavy atom. The highest BCUT2D eigenvalue weighted by Gasteiger charge is 2.32. The Morgan fingerprint density at radius 2 is 2.24 bits per heavy atom. The number of aliphatic hydroxyl groups is 1. The molecule has 3 N–H and O–H groups in total. The lowest BCUT2D eigenvalue weighted by Gasteiger charge is -2.35. The lowest BCUT2D eigenvalue weighted by Crippen LogP contribution is -2.59. The lowest BCUT2D eigenvalue weighted by atomic mass is 10.1. The van der Waals surface area contributed by atoms with Crippen LogP contribution in [0.15, 0.2) is 18.2 Å². The number of likely N-dealkylation sites (N-methyl/N-ethyl adjacent to an activating group) is 1. The minimum atomic E-state index is -0.518. The summed E-state index contributed by atoms with van der Waals surface area (Å²) in [7, 11) is 1.57. The summed E-state index contributed by atoms with van der Waals surface area (Å²) in [4.78, 5) is 31.1. The number of aryl methyl sites for hydroxylation is 1. The molecular weight excluding hydrogens is 322 g/mol. The van der Waals surface area contributed by atoms with Crippen LogP contribution in [-0.4, -0.2) is 70.7 Å². The number of aromatic nitrogens is 2. The molecule has 0 unspecified atom stereocenters. The second-order valence-electron chi connectivity index (χ2n) is 6.07. The minimum Gasteiger partial charge on any atom is -0.395 e. The lowest BCUT2D eigenvalue weighted by molar-refractivity contribution is -0.125. The van der Waals surface area contributed by atoms with Crippen LogP contribution in [0.25, 0.3) is 11.0 Å². The van der Waals surface area contributed by atoms with Gasteiger partial charge in [-0.1, -0.05) is 0 Å². The maximum absolute atomic E-state index is 12.9. The van der Waals surface area contributed by atoms with Gasteiger partial charge < -0.3 is 25.2 Å². The van der Waals surface area contributed by atoms with E-state index in [0.717, 1.165) is 11.3 Å². The fraction of sp³-hybridized carbons (Fsp3) is 0.471. The van der Waals surface area contributed by atoms with Crippen molar-refractivity contribution in [3.05, 3.63) is 29.6 Å². The third-order valence-corrected chi connectivity index (χ3v) is 4.56. The summed E-state index contributed by atoms with van der Waals surface area (Å²) in [5.41, 5.74) is 2.10. The van der Waals surface area contributed by atoms with Gasteiger partial charge in [0, 0.05) is 38.8 Å². The molecule has 134 valence electrons. The number of amides is 2. The van der Waals surface area contributed by atoms with Crippen molar-refractivity contribution < 1.29 is 14.7 Å². The van der Waals surface area contributed by atoms with E-state index in [9.17, 15) is 14.7 Å². The van der Waals surface area contributed by atoms with Crippen molar-refractivity contribution in [2.24, 2.45) is 0 Å². The first-order chi connectivity index (χ1) is 12.1. The van der Waals surface area contributed by atoms with Gasteiger partial charge in [0.25, 0.3) is 5.91 Å². The molecule has 8 heteroatoms. The molecule has 25 heavy (non-hydrogen) atoms. The Kier molecular flexibility index (Phi) is 5.00. The molecule has 1 aliphatic heterocycles. The Morgan fingerprint density at radius 1 is 1.44 bits per heavy atom. The quantitative estimate of drug-likeness (QED) is 0.694. The van der Waals surface area contributed by atoms with Crippen LogP contribution in [0, 0.1) is 6.92 Å². The molecule has 0 bridgehead atoms. The van der Waals surface area contributed by atoms with E-state index >= 15 is 0 Å². The van der Waals surface area contributed by atoms with Crippen LogP contribution >= 0.6 is 0 Å². The van der Waals surface area contributed by atoms with Gasteiger partial charge >= 0.3 is 0 Å². The average Bonchev–Trinajstić information content (AvgIpc) is 2.95. The standard InChI is InChI=1S/C17H23N5O3/c1-11-20-13-9-12(3-4-14(13)21(11)7-8-23)17(25)22-6-5-19-10-15(22)16(24)18-2/h3-4,9,15,19,23H,5-8,10H2,1-2H3,(H,18,24)/t15-/m1/s1. The molecule has 3 rings (SSSR count). The van der Waals surface area contributed by atoms with Gasteiger partial charge in [-0.15, -0.1) is 0 Å². The molecule has 2 amide bonds. The summed E-state index contributed by atoms with van der Waals surface area (Å²) in [5.74, 6) is 0.440. The second-order valence-corrected chi connectivity index (χ2v) is 6.07. The van der Waals surface area contributed by atoms with Gasteiger partial charge in [-0.3, -0.25) is 9.59 Å². The highest BCUT2D eigenvalue weighted by atomic mass is 16.3. The predicted octanol–water partition coefficient (Wildman–Crippen LogP) is -0.503.